The molecule has 0 bridgehead atoms. The Morgan fingerprint density at radius 2 is 2.00 bits per heavy atom. The van der Waals surface area contributed by atoms with Crippen molar-refractivity contribution in [3.63, 3.8) is 0 Å². The lowest BCUT2D eigenvalue weighted by atomic mass is 9.85. The predicted octanol–water partition coefficient (Wildman–Crippen LogP) is 3.09. The number of carbonyl (C=O) groups is 1. The van der Waals surface area contributed by atoms with E-state index in [-0.39, 0.29) is 11.4 Å². The van der Waals surface area contributed by atoms with Gasteiger partial charge in [-0.3, -0.25) is 9.59 Å². The summed E-state index contributed by atoms with van der Waals surface area (Å²) in [4.78, 5) is 24.4. The third-order valence-electron chi connectivity index (χ3n) is 4.54. The molecule has 1 heterocycles. The Bertz CT molecular complexity index is 886. The first-order valence-corrected chi connectivity index (χ1v) is 8.33. The van der Waals surface area contributed by atoms with E-state index in [1.807, 2.05) is 0 Å². The van der Waals surface area contributed by atoms with Gasteiger partial charge in [0.15, 0.2) is 5.69 Å². The molecule has 0 spiro atoms. The predicted molar refractivity (Wildman–Crippen MR) is 89.2 cm³/mol. The van der Waals surface area contributed by atoms with Crippen LogP contribution in [0.3, 0.4) is 0 Å². The molecule has 1 aromatic carbocycles. The van der Waals surface area contributed by atoms with Crippen molar-refractivity contribution >= 4 is 5.91 Å². The van der Waals surface area contributed by atoms with Gasteiger partial charge in [0, 0.05) is 18.3 Å². The van der Waals surface area contributed by atoms with E-state index in [2.05, 4.69) is 10.4 Å². The van der Waals surface area contributed by atoms with Gasteiger partial charge in [0.05, 0.1) is 11.3 Å². The van der Waals surface area contributed by atoms with Crippen molar-refractivity contribution in [1.82, 2.24) is 15.1 Å². The molecule has 2 aromatic rings. The largest absolute Gasteiger partial charge is 0.418 e. The summed E-state index contributed by atoms with van der Waals surface area (Å²) >= 11 is 0. The molecule has 0 radical (unpaired) electrons. The van der Waals surface area contributed by atoms with E-state index < -0.39 is 28.8 Å². The van der Waals surface area contributed by atoms with E-state index in [9.17, 15) is 22.8 Å². The number of rotatable bonds is 4. The van der Waals surface area contributed by atoms with Crippen molar-refractivity contribution in [2.24, 2.45) is 5.92 Å². The fourth-order valence-corrected chi connectivity index (χ4v) is 2.86. The minimum Gasteiger partial charge on any atom is -0.350 e. The van der Waals surface area contributed by atoms with Crippen LogP contribution in [-0.4, -0.2) is 22.2 Å². The number of halogens is 3. The Morgan fingerprint density at radius 1 is 1.31 bits per heavy atom. The third kappa shape index (κ3) is 3.63. The number of amides is 1. The molecule has 1 N–H and O–H groups in total. The molecule has 0 unspecified atom stereocenters. The number of carbonyl (C=O) groups excluding carboxylic acids is 1. The normalized spacial score (nSPS) is 14.8. The van der Waals surface area contributed by atoms with Crippen molar-refractivity contribution in [3.05, 3.63) is 57.5 Å². The van der Waals surface area contributed by atoms with E-state index in [1.165, 1.54) is 25.1 Å². The highest BCUT2D eigenvalue weighted by Gasteiger charge is 2.34. The zero-order valence-corrected chi connectivity index (χ0v) is 14.1. The van der Waals surface area contributed by atoms with Crippen LogP contribution in [0, 0.1) is 12.8 Å². The average molecular weight is 365 g/mol. The Morgan fingerprint density at radius 3 is 2.62 bits per heavy atom. The molecule has 1 fully saturated rings. The zero-order valence-electron chi connectivity index (χ0n) is 14.1. The van der Waals surface area contributed by atoms with Gasteiger partial charge in [-0.15, -0.1) is 0 Å². The van der Waals surface area contributed by atoms with Gasteiger partial charge in [-0.05, 0) is 37.8 Å². The molecule has 1 amide bonds. The number of alkyl halides is 3. The van der Waals surface area contributed by atoms with Crippen LogP contribution in [0.25, 0.3) is 5.69 Å². The van der Waals surface area contributed by atoms with Gasteiger partial charge in [0.2, 0.25) is 5.43 Å². The number of hydrogen-bond acceptors (Lipinski definition) is 3. The monoisotopic (exact) mass is 365 g/mol. The lowest BCUT2D eigenvalue weighted by molar-refractivity contribution is -0.137. The summed E-state index contributed by atoms with van der Waals surface area (Å²) in [6, 6.07) is 6.03. The van der Waals surface area contributed by atoms with Crippen molar-refractivity contribution < 1.29 is 18.0 Å². The summed E-state index contributed by atoms with van der Waals surface area (Å²) in [5, 5.41) is 6.58. The highest BCUT2D eigenvalue weighted by atomic mass is 19.4. The Hall–Kier alpha value is -2.64. The van der Waals surface area contributed by atoms with Gasteiger partial charge < -0.3 is 5.32 Å². The number of hydrogen-bond donors (Lipinski definition) is 1. The lowest BCUT2D eigenvalue weighted by Crippen LogP contribution is -2.36. The maximum Gasteiger partial charge on any atom is 0.418 e. The summed E-state index contributed by atoms with van der Waals surface area (Å²) in [5.41, 5.74) is -1.94. The average Bonchev–Trinajstić information content (AvgIpc) is 2.52. The summed E-state index contributed by atoms with van der Waals surface area (Å²) in [6.45, 7) is 1.91. The number of para-hydroxylation sites is 1. The number of aryl methyl sites for hydroxylation is 1. The second kappa shape index (κ2) is 6.93. The van der Waals surface area contributed by atoms with Crippen molar-refractivity contribution in [2.75, 3.05) is 6.54 Å². The molecule has 1 aliphatic carbocycles. The molecule has 3 rings (SSSR count). The fourth-order valence-electron chi connectivity index (χ4n) is 2.86. The van der Waals surface area contributed by atoms with E-state index in [0.29, 0.717) is 12.5 Å². The molecular formula is C18H18F3N3O2. The Labute approximate surface area is 147 Å². The number of benzene rings is 1. The standard InChI is InChI=1S/C18H18F3N3O2/c1-11-9-15(25)16(17(26)22-10-12-5-4-6-12)23-24(11)14-8-3-2-7-13(14)18(19,20)21/h2-3,7-9,12H,4-6,10H2,1H3,(H,22,26). The summed E-state index contributed by atoms with van der Waals surface area (Å²) in [5.74, 6) is -0.280. The fraction of sp³-hybridized carbons (Fsp3) is 0.389. The molecule has 8 heteroatoms. The second-order valence-corrected chi connectivity index (χ2v) is 6.43. The van der Waals surface area contributed by atoms with Crippen molar-refractivity contribution in [1.29, 1.82) is 0 Å². The molecule has 0 atom stereocenters. The second-order valence-electron chi connectivity index (χ2n) is 6.43. The maximum absolute atomic E-state index is 13.3. The van der Waals surface area contributed by atoms with Crippen LogP contribution in [0.5, 0.6) is 0 Å². The van der Waals surface area contributed by atoms with Gasteiger partial charge in [-0.2, -0.15) is 18.3 Å². The minimum absolute atomic E-state index is 0.210. The van der Waals surface area contributed by atoms with Crippen LogP contribution in [-0.2, 0) is 6.18 Å². The molecule has 1 aliphatic rings. The summed E-state index contributed by atoms with van der Waals surface area (Å²) in [6.07, 6.45) is -1.43. The van der Waals surface area contributed by atoms with Crippen molar-refractivity contribution in [2.45, 2.75) is 32.4 Å². The van der Waals surface area contributed by atoms with Crippen LogP contribution < -0.4 is 10.7 Å². The maximum atomic E-state index is 13.3. The van der Waals surface area contributed by atoms with Crippen LogP contribution in [0.1, 0.15) is 41.0 Å². The third-order valence-corrected chi connectivity index (χ3v) is 4.54. The van der Waals surface area contributed by atoms with Crippen LogP contribution >= 0.6 is 0 Å². The first-order valence-electron chi connectivity index (χ1n) is 8.33. The highest BCUT2D eigenvalue weighted by Crippen LogP contribution is 2.33. The van der Waals surface area contributed by atoms with Gasteiger partial charge in [-0.25, -0.2) is 4.68 Å². The summed E-state index contributed by atoms with van der Waals surface area (Å²) < 4.78 is 40.8. The molecule has 0 saturated heterocycles. The van der Waals surface area contributed by atoms with Crippen LogP contribution in [0.15, 0.2) is 35.1 Å². The van der Waals surface area contributed by atoms with Gasteiger partial charge in [0.1, 0.15) is 0 Å². The Balaban J connectivity index is 1.99. The molecule has 5 nitrogen and oxygen atoms in total. The topological polar surface area (TPSA) is 64.0 Å². The molecule has 1 saturated carbocycles. The molecule has 0 aliphatic heterocycles. The molecular weight excluding hydrogens is 347 g/mol. The van der Waals surface area contributed by atoms with Crippen LogP contribution in [0.2, 0.25) is 0 Å². The highest BCUT2D eigenvalue weighted by molar-refractivity contribution is 5.92. The van der Waals surface area contributed by atoms with Gasteiger partial charge >= 0.3 is 6.18 Å². The Kier molecular flexibility index (Phi) is 4.84. The molecule has 26 heavy (non-hydrogen) atoms. The van der Waals surface area contributed by atoms with E-state index in [0.717, 1.165) is 36.1 Å². The quantitative estimate of drug-likeness (QED) is 0.906. The van der Waals surface area contributed by atoms with E-state index >= 15 is 0 Å². The number of aromatic nitrogens is 2. The first-order chi connectivity index (χ1) is 12.3. The summed E-state index contributed by atoms with van der Waals surface area (Å²) in [7, 11) is 0. The number of nitrogens with zero attached hydrogens (tertiary/aromatic N) is 2. The van der Waals surface area contributed by atoms with E-state index in [1.54, 1.807) is 0 Å². The molecule has 138 valence electrons. The first kappa shape index (κ1) is 18.2. The SMILES string of the molecule is Cc1cc(=O)c(C(=O)NCC2CCC2)nn1-c1ccccc1C(F)(F)F. The van der Waals surface area contributed by atoms with E-state index in [4.69, 9.17) is 0 Å². The number of nitrogens with one attached hydrogen (secondary N) is 1. The van der Waals surface area contributed by atoms with Crippen LogP contribution in [0.4, 0.5) is 13.2 Å². The van der Waals surface area contributed by atoms with Gasteiger partial charge in [-0.1, -0.05) is 18.6 Å². The van der Waals surface area contributed by atoms with Crippen molar-refractivity contribution in [3.8, 4) is 5.69 Å². The van der Waals surface area contributed by atoms with Gasteiger partial charge in [0.25, 0.3) is 5.91 Å². The zero-order chi connectivity index (χ0) is 18.9. The minimum atomic E-state index is -4.58. The smallest absolute Gasteiger partial charge is 0.350 e. The lowest BCUT2D eigenvalue weighted by Gasteiger charge is -2.25. The molecule has 1 aromatic heterocycles.